The van der Waals surface area contributed by atoms with Gasteiger partial charge in [0.05, 0.1) is 0 Å². The normalized spacial score (nSPS) is 14.1. The largest absolute Gasteiger partial charge is 0.333 e. The van der Waals surface area contributed by atoms with Gasteiger partial charge in [0, 0.05) is 25.5 Å². The summed E-state index contributed by atoms with van der Waals surface area (Å²) in [6.07, 6.45) is 5.71. The van der Waals surface area contributed by atoms with Crippen LogP contribution in [0, 0.1) is 11.3 Å². The number of nitriles is 1. The molecule has 1 aliphatic rings. The standard InChI is InChI=1S/C18H15N3O/c19-11-17(10-14-4-3-8-20-12-14)18(22)21-9-7-15-5-1-2-6-16(15)13-21/h1-6,8,10,12H,7,9,13H2/b17-10+. The molecule has 0 unspecified atom stereocenters. The van der Waals surface area contributed by atoms with Crippen LogP contribution in [0.25, 0.3) is 6.08 Å². The Kier molecular flexibility index (Phi) is 3.97. The molecule has 0 fully saturated rings. The number of carbonyl (C=O) groups is 1. The zero-order valence-corrected chi connectivity index (χ0v) is 12.1. The number of nitrogens with zero attached hydrogens (tertiary/aromatic N) is 3. The Bertz CT molecular complexity index is 759. The first-order valence-electron chi connectivity index (χ1n) is 7.16. The Morgan fingerprint density at radius 2 is 2.05 bits per heavy atom. The number of hydrogen-bond donors (Lipinski definition) is 0. The fourth-order valence-corrected chi connectivity index (χ4v) is 2.61. The average Bonchev–Trinajstić information content (AvgIpc) is 2.59. The zero-order chi connectivity index (χ0) is 15.4. The van der Waals surface area contributed by atoms with Crippen molar-refractivity contribution in [2.75, 3.05) is 6.54 Å². The molecule has 3 rings (SSSR count). The van der Waals surface area contributed by atoms with E-state index in [0.29, 0.717) is 13.1 Å². The van der Waals surface area contributed by atoms with Crippen LogP contribution in [-0.4, -0.2) is 22.3 Å². The molecular formula is C18H15N3O. The monoisotopic (exact) mass is 289 g/mol. The van der Waals surface area contributed by atoms with Crippen LogP contribution < -0.4 is 0 Å². The van der Waals surface area contributed by atoms with Gasteiger partial charge in [0.15, 0.2) is 0 Å². The molecule has 2 aromatic rings. The molecule has 0 saturated carbocycles. The van der Waals surface area contributed by atoms with E-state index in [1.807, 2.05) is 30.3 Å². The molecule has 0 saturated heterocycles. The highest BCUT2D eigenvalue weighted by Gasteiger charge is 2.23. The highest BCUT2D eigenvalue weighted by atomic mass is 16.2. The molecule has 0 radical (unpaired) electrons. The summed E-state index contributed by atoms with van der Waals surface area (Å²) < 4.78 is 0. The molecule has 0 bridgehead atoms. The molecule has 0 aliphatic carbocycles. The van der Waals surface area contributed by atoms with Gasteiger partial charge < -0.3 is 4.90 Å². The number of carbonyl (C=O) groups excluding carboxylic acids is 1. The summed E-state index contributed by atoms with van der Waals surface area (Å²) in [6.45, 7) is 1.20. The molecule has 108 valence electrons. The van der Waals surface area contributed by atoms with Crippen LogP contribution in [0.15, 0.2) is 54.4 Å². The Hall–Kier alpha value is -2.93. The molecular weight excluding hydrogens is 274 g/mol. The van der Waals surface area contributed by atoms with E-state index in [1.165, 1.54) is 5.56 Å². The minimum Gasteiger partial charge on any atom is -0.333 e. The van der Waals surface area contributed by atoms with Crippen LogP contribution in [0.4, 0.5) is 0 Å². The maximum Gasteiger partial charge on any atom is 0.264 e. The first kappa shape index (κ1) is 14.0. The van der Waals surface area contributed by atoms with E-state index in [1.54, 1.807) is 29.4 Å². The second kappa shape index (κ2) is 6.23. The van der Waals surface area contributed by atoms with Crippen LogP contribution in [0.5, 0.6) is 0 Å². The average molecular weight is 289 g/mol. The van der Waals surface area contributed by atoms with Crippen molar-refractivity contribution in [3.63, 3.8) is 0 Å². The number of amides is 1. The van der Waals surface area contributed by atoms with Gasteiger partial charge in [0.25, 0.3) is 5.91 Å². The first-order chi connectivity index (χ1) is 10.8. The van der Waals surface area contributed by atoms with E-state index < -0.39 is 0 Å². The third-order valence-corrected chi connectivity index (χ3v) is 3.76. The molecule has 22 heavy (non-hydrogen) atoms. The van der Waals surface area contributed by atoms with Gasteiger partial charge in [-0.3, -0.25) is 9.78 Å². The number of hydrogen-bond acceptors (Lipinski definition) is 3. The zero-order valence-electron chi connectivity index (χ0n) is 12.1. The highest BCUT2D eigenvalue weighted by molar-refractivity contribution is 6.01. The van der Waals surface area contributed by atoms with Gasteiger partial charge in [-0.1, -0.05) is 30.3 Å². The van der Waals surface area contributed by atoms with Crippen molar-refractivity contribution in [3.8, 4) is 6.07 Å². The summed E-state index contributed by atoms with van der Waals surface area (Å²) in [5.41, 5.74) is 3.33. The lowest BCUT2D eigenvalue weighted by Gasteiger charge is -2.28. The molecule has 4 nitrogen and oxygen atoms in total. The molecule has 0 N–H and O–H groups in total. The lowest BCUT2D eigenvalue weighted by molar-refractivity contribution is -0.127. The van der Waals surface area contributed by atoms with Gasteiger partial charge in [0.2, 0.25) is 0 Å². The van der Waals surface area contributed by atoms with Gasteiger partial charge >= 0.3 is 0 Å². The van der Waals surface area contributed by atoms with Crippen LogP contribution in [-0.2, 0) is 17.8 Å². The van der Waals surface area contributed by atoms with Crippen LogP contribution >= 0.6 is 0 Å². The second-order valence-electron chi connectivity index (χ2n) is 5.20. The second-order valence-corrected chi connectivity index (χ2v) is 5.20. The van der Waals surface area contributed by atoms with Crippen molar-refractivity contribution in [2.45, 2.75) is 13.0 Å². The third-order valence-electron chi connectivity index (χ3n) is 3.76. The Morgan fingerprint density at radius 3 is 2.77 bits per heavy atom. The summed E-state index contributed by atoms with van der Waals surface area (Å²) in [5.74, 6) is -0.221. The minimum absolute atomic E-state index is 0.146. The van der Waals surface area contributed by atoms with E-state index in [4.69, 9.17) is 0 Å². The smallest absolute Gasteiger partial charge is 0.264 e. The molecule has 0 spiro atoms. The molecule has 0 atom stereocenters. The van der Waals surface area contributed by atoms with E-state index in [0.717, 1.165) is 17.5 Å². The number of aromatic nitrogens is 1. The SMILES string of the molecule is N#C/C(=C\c1cccnc1)C(=O)N1CCc2ccccc2C1. The molecule has 4 heteroatoms. The van der Waals surface area contributed by atoms with Crippen molar-refractivity contribution < 1.29 is 4.79 Å². The van der Waals surface area contributed by atoms with Crippen molar-refractivity contribution in [3.05, 3.63) is 71.1 Å². The van der Waals surface area contributed by atoms with Gasteiger partial charge in [-0.05, 0) is 35.3 Å². The summed E-state index contributed by atoms with van der Waals surface area (Å²) >= 11 is 0. The fourth-order valence-electron chi connectivity index (χ4n) is 2.61. The topological polar surface area (TPSA) is 57.0 Å². The molecule has 1 aliphatic heterocycles. The van der Waals surface area contributed by atoms with Crippen LogP contribution in [0.2, 0.25) is 0 Å². The van der Waals surface area contributed by atoms with Crippen molar-refractivity contribution in [1.29, 1.82) is 5.26 Å². The lowest BCUT2D eigenvalue weighted by Crippen LogP contribution is -2.36. The van der Waals surface area contributed by atoms with E-state index >= 15 is 0 Å². The predicted octanol–water partition coefficient (Wildman–Crippen LogP) is 2.57. The van der Waals surface area contributed by atoms with Crippen LogP contribution in [0.3, 0.4) is 0 Å². The van der Waals surface area contributed by atoms with Gasteiger partial charge in [-0.2, -0.15) is 5.26 Å². The van der Waals surface area contributed by atoms with Crippen molar-refractivity contribution in [2.24, 2.45) is 0 Å². The molecule has 2 heterocycles. The Balaban J connectivity index is 1.82. The summed E-state index contributed by atoms with van der Waals surface area (Å²) in [7, 11) is 0. The number of rotatable bonds is 2. The summed E-state index contributed by atoms with van der Waals surface area (Å²) in [6, 6.07) is 13.7. The van der Waals surface area contributed by atoms with Crippen molar-refractivity contribution in [1.82, 2.24) is 9.88 Å². The number of fused-ring (bicyclic) bond motifs is 1. The van der Waals surface area contributed by atoms with E-state index in [-0.39, 0.29) is 11.5 Å². The van der Waals surface area contributed by atoms with Gasteiger partial charge in [-0.15, -0.1) is 0 Å². The first-order valence-corrected chi connectivity index (χ1v) is 7.16. The summed E-state index contributed by atoms with van der Waals surface area (Å²) in [4.78, 5) is 18.3. The highest BCUT2D eigenvalue weighted by Crippen LogP contribution is 2.20. The third kappa shape index (κ3) is 2.89. The lowest BCUT2D eigenvalue weighted by atomic mass is 9.99. The maximum atomic E-state index is 12.6. The summed E-state index contributed by atoms with van der Waals surface area (Å²) in [5, 5.41) is 9.30. The number of pyridine rings is 1. The van der Waals surface area contributed by atoms with Crippen molar-refractivity contribution >= 4 is 12.0 Å². The Labute approximate surface area is 129 Å². The minimum atomic E-state index is -0.221. The maximum absolute atomic E-state index is 12.6. The fraction of sp³-hybridized carbons (Fsp3) is 0.167. The van der Waals surface area contributed by atoms with E-state index in [2.05, 4.69) is 11.1 Å². The number of benzene rings is 1. The molecule has 1 aromatic carbocycles. The van der Waals surface area contributed by atoms with E-state index in [9.17, 15) is 10.1 Å². The quantitative estimate of drug-likeness (QED) is 0.630. The Morgan fingerprint density at radius 1 is 1.23 bits per heavy atom. The molecule has 1 amide bonds. The predicted molar refractivity (Wildman–Crippen MR) is 83.4 cm³/mol. The van der Waals surface area contributed by atoms with Gasteiger partial charge in [-0.25, -0.2) is 0 Å². The van der Waals surface area contributed by atoms with Crippen LogP contribution in [0.1, 0.15) is 16.7 Å². The van der Waals surface area contributed by atoms with Gasteiger partial charge in [0.1, 0.15) is 11.6 Å². The molecule has 1 aromatic heterocycles.